The number of amides is 2. The molecule has 2 atom stereocenters. The Balaban J connectivity index is 2.78. The first-order chi connectivity index (χ1) is 10.4. The Bertz CT molecular complexity index is 497. The number of hydrogen-bond donors (Lipinski definition) is 2. The molecule has 0 aliphatic heterocycles. The summed E-state index contributed by atoms with van der Waals surface area (Å²) in [7, 11) is 1.23. The van der Waals surface area contributed by atoms with E-state index in [4.69, 9.17) is 0 Å². The van der Waals surface area contributed by atoms with Gasteiger partial charge in [-0.3, -0.25) is 15.4 Å². The number of methoxy groups -OCH3 is 1. The van der Waals surface area contributed by atoms with Gasteiger partial charge in [-0.15, -0.1) is 0 Å². The number of rotatable bonds is 6. The molecule has 1 aromatic carbocycles. The first-order valence-corrected chi connectivity index (χ1v) is 7.62. The van der Waals surface area contributed by atoms with Crippen molar-refractivity contribution < 1.29 is 14.3 Å². The first-order valence-electron chi connectivity index (χ1n) is 7.62. The lowest BCUT2D eigenvalue weighted by Gasteiger charge is -2.26. The van der Waals surface area contributed by atoms with E-state index < -0.39 is 18.0 Å². The molecule has 0 aliphatic carbocycles. The second kappa shape index (κ2) is 8.54. The fourth-order valence-corrected chi connectivity index (χ4v) is 2.24. The van der Waals surface area contributed by atoms with Gasteiger partial charge in [0, 0.05) is 6.04 Å². The van der Waals surface area contributed by atoms with Crippen LogP contribution in [0.15, 0.2) is 24.3 Å². The molecule has 0 heterocycles. The predicted octanol–water partition coefficient (Wildman–Crippen LogP) is 2.81. The summed E-state index contributed by atoms with van der Waals surface area (Å²) < 4.78 is 4.43. The lowest BCUT2D eigenvalue weighted by molar-refractivity contribution is -0.122. The minimum atomic E-state index is -0.743. The standard InChI is InChI=1S/C17H26N2O3/c1-6-13-7-9-14(10-8-13)15(11(2)3)18-12(4)16(20)19-17(21)22-5/h7-12,15,18H,6H2,1-5H3,(H,19,20,21)/t12-,15-/m0/s1. The van der Waals surface area contributed by atoms with E-state index in [1.165, 1.54) is 12.7 Å². The second-order valence-corrected chi connectivity index (χ2v) is 5.69. The Kier molecular flexibility index (Phi) is 7.05. The van der Waals surface area contributed by atoms with Crippen LogP contribution in [0.4, 0.5) is 4.79 Å². The molecule has 0 fully saturated rings. The fraction of sp³-hybridized carbons (Fsp3) is 0.529. The number of carbonyl (C=O) groups is 2. The van der Waals surface area contributed by atoms with Crippen molar-refractivity contribution in [3.8, 4) is 0 Å². The van der Waals surface area contributed by atoms with Gasteiger partial charge in [-0.1, -0.05) is 45.0 Å². The third kappa shape index (κ3) is 5.15. The average molecular weight is 306 g/mol. The van der Waals surface area contributed by atoms with E-state index in [1.54, 1.807) is 6.92 Å². The van der Waals surface area contributed by atoms with E-state index in [2.05, 4.69) is 60.4 Å². The quantitative estimate of drug-likeness (QED) is 0.848. The van der Waals surface area contributed by atoms with Gasteiger partial charge in [0.1, 0.15) is 0 Å². The molecule has 0 aromatic heterocycles. The minimum absolute atomic E-state index is 0.0318. The molecule has 0 aliphatic rings. The van der Waals surface area contributed by atoms with Crippen molar-refractivity contribution >= 4 is 12.0 Å². The van der Waals surface area contributed by atoms with E-state index in [9.17, 15) is 9.59 Å². The molecule has 0 bridgehead atoms. The average Bonchev–Trinajstić information content (AvgIpc) is 2.51. The van der Waals surface area contributed by atoms with Crippen LogP contribution in [0.3, 0.4) is 0 Å². The summed E-state index contributed by atoms with van der Waals surface area (Å²) in [5.74, 6) is -0.0940. The van der Waals surface area contributed by atoms with Crippen molar-refractivity contribution in [2.75, 3.05) is 7.11 Å². The number of aryl methyl sites for hydroxylation is 1. The lowest BCUT2D eigenvalue weighted by Crippen LogP contribution is -2.46. The third-order valence-electron chi connectivity index (χ3n) is 3.65. The molecule has 0 unspecified atom stereocenters. The van der Waals surface area contributed by atoms with E-state index in [0.29, 0.717) is 5.92 Å². The molecule has 0 spiro atoms. The van der Waals surface area contributed by atoms with Crippen LogP contribution in [0.5, 0.6) is 0 Å². The Morgan fingerprint density at radius 3 is 2.18 bits per heavy atom. The summed E-state index contributed by atoms with van der Waals surface area (Å²) in [6.07, 6.45) is 0.255. The van der Waals surface area contributed by atoms with Crippen molar-refractivity contribution in [3.05, 3.63) is 35.4 Å². The number of imide groups is 1. The van der Waals surface area contributed by atoms with E-state index in [0.717, 1.165) is 12.0 Å². The van der Waals surface area contributed by atoms with E-state index in [-0.39, 0.29) is 6.04 Å². The smallest absolute Gasteiger partial charge is 0.413 e. The third-order valence-corrected chi connectivity index (χ3v) is 3.65. The summed E-state index contributed by atoms with van der Waals surface area (Å²) in [6, 6.07) is 7.90. The monoisotopic (exact) mass is 306 g/mol. The number of carbonyl (C=O) groups excluding carboxylic acids is 2. The van der Waals surface area contributed by atoms with Crippen LogP contribution in [0.2, 0.25) is 0 Å². The summed E-state index contributed by atoms with van der Waals surface area (Å²) in [4.78, 5) is 23.0. The number of hydrogen-bond acceptors (Lipinski definition) is 4. The molecular formula is C17H26N2O3. The molecular weight excluding hydrogens is 280 g/mol. The van der Waals surface area contributed by atoms with Crippen LogP contribution in [-0.2, 0) is 16.0 Å². The van der Waals surface area contributed by atoms with Crippen LogP contribution in [0, 0.1) is 5.92 Å². The zero-order chi connectivity index (χ0) is 16.7. The van der Waals surface area contributed by atoms with Crippen molar-refractivity contribution in [1.29, 1.82) is 0 Å². The zero-order valence-electron chi connectivity index (χ0n) is 14.0. The van der Waals surface area contributed by atoms with Crippen LogP contribution in [0.1, 0.15) is 44.9 Å². The van der Waals surface area contributed by atoms with Crippen molar-refractivity contribution in [2.45, 2.75) is 46.2 Å². The normalized spacial score (nSPS) is 13.5. The molecule has 1 rings (SSSR count). The van der Waals surface area contributed by atoms with Crippen LogP contribution >= 0.6 is 0 Å². The molecule has 0 saturated carbocycles. The molecule has 2 N–H and O–H groups in total. The van der Waals surface area contributed by atoms with Crippen LogP contribution in [0.25, 0.3) is 0 Å². The largest absolute Gasteiger partial charge is 0.453 e. The Morgan fingerprint density at radius 1 is 1.14 bits per heavy atom. The molecule has 5 nitrogen and oxygen atoms in total. The number of benzene rings is 1. The van der Waals surface area contributed by atoms with Gasteiger partial charge < -0.3 is 4.74 Å². The highest BCUT2D eigenvalue weighted by molar-refractivity contribution is 5.94. The van der Waals surface area contributed by atoms with E-state index >= 15 is 0 Å². The number of nitrogens with one attached hydrogen (secondary N) is 2. The number of alkyl carbamates (subject to hydrolysis) is 1. The van der Waals surface area contributed by atoms with Crippen LogP contribution < -0.4 is 10.6 Å². The highest BCUT2D eigenvalue weighted by Gasteiger charge is 2.23. The fourth-order valence-electron chi connectivity index (χ4n) is 2.24. The minimum Gasteiger partial charge on any atom is -0.453 e. The molecule has 22 heavy (non-hydrogen) atoms. The van der Waals surface area contributed by atoms with E-state index in [1.807, 2.05) is 0 Å². The van der Waals surface area contributed by atoms with Gasteiger partial charge in [-0.05, 0) is 30.4 Å². The molecule has 0 saturated heterocycles. The summed E-state index contributed by atoms with van der Waals surface area (Å²) in [5, 5.41) is 5.46. The van der Waals surface area contributed by atoms with Gasteiger partial charge in [-0.2, -0.15) is 0 Å². The van der Waals surface area contributed by atoms with Gasteiger partial charge in [0.05, 0.1) is 13.2 Å². The topological polar surface area (TPSA) is 67.4 Å². The van der Waals surface area contributed by atoms with Gasteiger partial charge in [0.15, 0.2) is 0 Å². The molecule has 0 radical (unpaired) electrons. The van der Waals surface area contributed by atoms with Gasteiger partial charge in [0.25, 0.3) is 0 Å². The first kappa shape index (κ1) is 18.2. The SMILES string of the molecule is CCc1ccc([C@@H](N[C@@H](C)C(=O)NC(=O)OC)C(C)C)cc1. The maximum Gasteiger partial charge on any atom is 0.413 e. The molecule has 2 amide bonds. The maximum atomic E-state index is 11.9. The van der Waals surface area contributed by atoms with Gasteiger partial charge >= 0.3 is 6.09 Å². The van der Waals surface area contributed by atoms with Crippen molar-refractivity contribution in [3.63, 3.8) is 0 Å². The molecule has 122 valence electrons. The summed E-state index contributed by atoms with van der Waals surface area (Å²) in [6.45, 7) is 8.03. The van der Waals surface area contributed by atoms with Gasteiger partial charge in [0.2, 0.25) is 5.91 Å². The maximum absolute atomic E-state index is 11.9. The Hall–Kier alpha value is -1.88. The van der Waals surface area contributed by atoms with Crippen LogP contribution in [-0.4, -0.2) is 25.2 Å². The highest BCUT2D eigenvalue weighted by Crippen LogP contribution is 2.22. The Labute approximate surface area is 132 Å². The molecule has 5 heteroatoms. The van der Waals surface area contributed by atoms with Gasteiger partial charge in [-0.25, -0.2) is 4.79 Å². The second-order valence-electron chi connectivity index (χ2n) is 5.69. The number of ether oxygens (including phenoxy) is 1. The Morgan fingerprint density at radius 2 is 1.73 bits per heavy atom. The van der Waals surface area contributed by atoms with Crippen molar-refractivity contribution in [2.24, 2.45) is 5.92 Å². The summed E-state index contributed by atoms with van der Waals surface area (Å²) in [5.41, 5.74) is 2.41. The predicted molar refractivity (Wildman–Crippen MR) is 86.5 cm³/mol. The lowest BCUT2D eigenvalue weighted by atomic mass is 9.94. The highest BCUT2D eigenvalue weighted by atomic mass is 16.5. The zero-order valence-corrected chi connectivity index (χ0v) is 14.0. The van der Waals surface area contributed by atoms with Crippen molar-refractivity contribution in [1.82, 2.24) is 10.6 Å². The molecule has 1 aromatic rings. The summed E-state index contributed by atoms with van der Waals surface area (Å²) >= 11 is 0.